The van der Waals surface area contributed by atoms with Crippen molar-refractivity contribution < 1.29 is 9.47 Å². The summed E-state index contributed by atoms with van der Waals surface area (Å²) >= 11 is 0. The second-order valence-corrected chi connectivity index (χ2v) is 6.22. The van der Waals surface area contributed by atoms with Crippen LogP contribution in [0.25, 0.3) is 0 Å². The van der Waals surface area contributed by atoms with Gasteiger partial charge in [-0.15, -0.1) is 0 Å². The summed E-state index contributed by atoms with van der Waals surface area (Å²) in [6.45, 7) is 6.74. The van der Waals surface area contributed by atoms with Crippen LogP contribution in [0.2, 0.25) is 0 Å². The number of hydrogen-bond donors (Lipinski definition) is 1. The van der Waals surface area contributed by atoms with Gasteiger partial charge in [0.15, 0.2) is 0 Å². The van der Waals surface area contributed by atoms with Gasteiger partial charge in [-0.25, -0.2) is 0 Å². The van der Waals surface area contributed by atoms with Gasteiger partial charge in [-0.2, -0.15) is 0 Å². The molecule has 2 heterocycles. The highest BCUT2D eigenvalue weighted by molar-refractivity contribution is 5.02. The highest BCUT2D eigenvalue weighted by Crippen LogP contribution is 2.38. The number of fused-ring (bicyclic) bond motifs is 1. The van der Waals surface area contributed by atoms with E-state index in [4.69, 9.17) is 15.2 Å². The van der Waals surface area contributed by atoms with Gasteiger partial charge in [0.2, 0.25) is 0 Å². The van der Waals surface area contributed by atoms with Crippen molar-refractivity contribution in [3.05, 3.63) is 0 Å². The number of nitrogens with zero attached hydrogens (tertiary/aromatic N) is 1. The van der Waals surface area contributed by atoms with Crippen LogP contribution in [0.15, 0.2) is 0 Å². The van der Waals surface area contributed by atoms with Gasteiger partial charge in [-0.3, -0.25) is 4.90 Å². The minimum absolute atomic E-state index is 0.0908. The first-order valence-corrected chi connectivity index (χ1v) is 7.42. The first kappa shape index (κ1) is 12.9. The third-order valence-corrected chi connectivity index (χ3v) is 5.36. The normalized spacial score (nSPS) is 40.7. The molecule has 0 radical (unpaired) electrons. The fraction of sp³-hybridized carbons (Fsp3) is 1.00. The van der Waals surface area contributed by atoms with Crippen LogP contribution in [0.3, 0.4) is 0 Å². The Hall–Kier alpha value is -0.160. The average molecular weight is 254 g/mol. The summed E-state index contributed by atoms with van der Waals surface area (Å²) in [4.78, 5) is 2.66. The molecule has 0 aromatic heterocycles. The zero-order chi connectivity index (χ0) is 12.6. The highest BCUT2D eigenvalue weighted by Gasteiger charge is 2.48. The van der Waals surface area contributed by atoms with Gasteiger partial charge in [0.05, 0.1) is 19.3 Å². The van der Waals surface area contributed by atoms with E-state index in [1.165, 1.54) is 19.3 Å². The van der Waals surface area contributed by atoms with E-state index in [1.807, 2.05) is 0 Å². The predicted molar refractivity (Wildman–Crippen MR) is 70.5 cm³/mol. The van der Waals surface area contributed by atoms with Gasteiger partial charge in [0.25, 0.3) is 0 Å². The van der Waals surface area contributed by atoms with E-state index < -0.39 is 0 Å². The fourth-order valence-corrected chi connectivity index (χ4v) is 4.10. The Kier molecular flexibility index (Phi) is 3.63. The monoisotopic (exact) mass is 254 g/mol. The van der Waals surface area contributed by atoms with Crippen LogP contribution >= 0.6 is 0 Å². The zero-order valence-electron chi connectivity index (χ0n) is 11.4. The predicted octanol–water partition coefficient (Wildman–Crippen LogP) is 0.994. The Labute approximate surface area is 110 Å². The standard InChI is InChI=1S/C14H26N2O2/c1-14(10-15,11-5-7-17-9-11)16-6-8-18-13-4-2-3-12(13)16/h11-13H,2-10,15H2,1H3. The van der Waals surface area contributed by atoms with Gasteiger partial charge in [-0.1, -0.05) is 0 Å². The van der Waals surface area contributed by atoms with Crippen molar-refractivity contribution in [2.75, 3.05) is 32.9 Å². The third kappa shape index (κ3) is 1.99. The minimum atomic E-state index is 0.0908. The molecule has 0 bridgehead atoms. The summed E-state index contributed by atoms with van der Waals surface area (Å²) < 4.78 is 11.5. The topological polar surface area (TPSA) is 47.7 Å². The molecule has 3 aliphatic rings. The second-order valence-electron chi connectivity index (χ2n) is 6.22. The molecule has 2 saturated heterocycles. The zero-order valence-corrected chi connectivity index (χ0v) is 11.4. The lowest BCUT2D eigenvalue weighted by Gasteiger charge is -2.51. The molecule has 2 N–H and O–H groups in total. The van der Waals surface area contributed by atoms with Gasteiger partial charge < -0.3 is 15.2 Å². The molecule has 0 spiro atoms. The molecule has 4 heteroatoms. The first-order chi connectivity index (χ1) is 8.75. The lowest BCUT2D eigenvalue weighted by molar-refractivity contribution is -0.108. The molecule has 104 valence electrons. The first-order valence-electron chi connectivity index (χ1n) is 7.42. The molecule has 4 unspecified atom stereocenters. The maximum Gasteiger partial charge on any atom is 0.0731 e. The van der Waals surface area contributed by atoms with Crippen LogP contribution < -0.4 is 5.73 Å². The van der Waals surface area contributed by atoms with E-state index in [-0.39, 0.29) is 5.54 Å². The largest absolute Gasteiger partial charge is 0.381 e. The second kappa shape index (κ2) is 5.08. The molecule has 2 aliphatic heterocycles. The van der Waals surface area contributed by atoms with Crippen molar-refractivity contribution in [1.29, 1.82) is 0 Å². The third-order valence-electron chi connectivity index (χ3n) is 5.36. The van der Waals surface area contributed by atoms with Crippen molar-refractivity contribution in [3.63, 3.8) is 0 Å². The van der Waals surface area contributed by atoms with Crippen LogP contribution in [0.5, 0.6) is 0 Å². The molecule has 0 aromatic rings. The number of ether oxygens (including phenoxy) is 2. The summed E-state index contributed by atoms with van der Waals surface area (Å²) in [5, 5.41) is 0. The van der Waals surface area contributed by atoms with Crippen LogP contribution in [-0.2, 0) is 9.47 Å². The van der Waals surface area contributed by atoms with Crippen LogP contribution in [0, 0.1) is 5.92 Å². The van der Waals surface area contributed by atoms with E-state index in [0.29, 0.717) is 18.1 Å². The molecular formula is C14H26N2O2. The summed E-state index contributed by atoms with van der Waals surface area (Å²) in [6.07, 6.45) is 5.40. The van der Waals surface area contributed by atoms with Crippen LogP contribution in [-0.4, -0.2) is 55.5 Å². The van der Waals surface area contributed by atoms with Crippen molar-refractivity contribution in [2.45, 2.75) is 50.3 Å². The molecule has 4 atom stereocenters. The fourth-order valence-electron chi connectivity index (χ4n) is 4.10. The van der Waals surface area contributed by atoms with E-state index in [2.05, 4.69) is 11.8 Å². The van der Waals surface area contributed by atoms with Crippen molar-refractivity contribution in [3.8, 4) is 0 Å². The van der Waals surface area contributed by atoms with Gasteiger partial charge >= 0.3 is 0 Å². The SMILES string of the molecule is CC(CN)(C1CCOC1)N1CCOC2CCCC21. The smallest absolute Gasteiger partial charge is 0.0731 e. The molecule has 3 fully saturated rings. The quantitative estimate of drug-likeness (QED) is 0.816. The Balaban J connectivity index is 1.80. The van der Waals surface area contributed by atoms with E-state index in [9.17, 15) is 0 Å². The van der Waals surface area contributed by atoms with Crippen molar-refractivity contribution in [2.24, 2.45) is 11.7 Å². The summed E-state index contributed by atoms with van der Waals surface area (Å²) in [5.41, 5.74) is 6.25. The van der Waals surface area contributed by atoms with E-state index >= 15 is 0 Å². The van der Waals surface area contributed by atoms with Gasteiger partial charge in [0, 0.05) is 37.2 Å². The molecule has 0 aromatic carbocycles. The average Bonchev–Trinajstić information content (AvgIpc) is 3.07. The lowest BCUT2D eigenvalue weighted by atomic mass is 9.81. The van der Waals surface area contributed by atoms with E-state index in [0.717, 1.165) is 39.3 Å². The Morgan fingerprint density at radius 2 is 2.17 bits per heavy atom. The Morgan fingerprint density at radius 3 is 2.89 bits per heavy atom. The van der Waals surface area contributed by atoms with E-state index in [1.54, 1.807) is 0 Å². The summed E-state index contributed by atoms with van der Waals surface area (Å²) in [6, 6.07) is 0.591. The molecule has 3 rings (SSSR count). The molecule has 1 saturated carbocycles. The van der Waals surface area contributed by atoms with Crippen molar-refractivity contribution >= 4 is 0 Å². The Morgan fingerprint density at radius 1 is 1.28 bits per heavy atom. The number of nitrogens with two attached hydrogens (primary N) is 1. The molecular weight excluding hydrogens is 228 g/mol. The number of hydrogen-bond acceptors (Lipinski definition) is 4. The number of rotatable bonds is 3. The summed E-state index contributed by atoms with van der Waals surface area (Å²) in [7, 11) is 0. The summed E-state index contributed by atoms with van der Waals surface area (Å²) in [5.74, 6) is 0.585. The molecule has 18 heavy (non-hydrogen) atoms. The molecule has 0 amide bonds. The van der Waals surface area contributed by atoms with Crippen LogP contribution in [0.4, 0.5) is 0 Å². The van der Waals surface area contributed by atoms with Gasteiger partial charge in [0.1, 0.15) is 0 Å². The van der Waals surface area contributed by atoms with Gasteiger partial charge in [-0.05, 0) is 32.6 Å². The Bertz CT molecular complexity index is 294. The maximum atomic E-state index is 6.16. The number of morpholine rings is 1. The minimum Gasteiger partial charge on any atom is -0.381 e. The van der Waals surface area contributed by atoms with Crippen molar-refractivity contribution in [1.82, 2.24) is 4.90 Å². The highest BCUT2D eigenvalue weighted by atomic mass is 16.5. The lowest BCUT2D eigenvalue weighted by Crippen LogP contribution is -2.64. The molecule has 4 nitrogen and oxygen atoms in total. The van der Waals surface area contributed by atoms with Crippen LogP contribution in [0.1, 0.15) is 32.6 Å². The molecule has 1 aliphatic carbocycles. The maximum absolute atomic E-state index is 6.16.